The van der Waals surface area contributed by atoms with E-state index in [0.717, 1.165) is 32.7 Å². The number of aryl methyl sites for hydroxylation is 1. The van der Waals surface area contributed by atoms with Crippen molar-refractivity contribution in [3.63, 3.8) is 0 Å². The van der Waals surface area contributed by atoms with Crippen LogP contribution in [0.5, 0.6) is 0 Å². The molecule has 0 radical (unpaired) electrons. The maximum absolute atomic E-state index is 13.7. The number of carbonyl (C=O) groups excluding carboxylic acids is 2. The molecule has 2 aliphatic rings. The standard InChI is InChI=1S/C27H26BrN5O2/c1-15-24(27(35)32-23-10-9-19(28)13-29-23)25(20-14-30-33(3)16(20)2)26-21(31-15)11-18(12-22(26)34)17-7-5-4-6-8-17/h4-10,13-14,18,25,31H,11-12H2,1-3H3,(H,29,32,35)/t18-,25+/m0/s1. The number of ketones is 1. The molecular formula is C27H26BrN5O2. The number of halogens is 1. The summed E-state index contributed by atoms with van der Waals surface area (Å²) in [5.41, 5.74) is 5.72. The van der Waals surface area contributed by atoms with Crippen LogP contribution in [0.25, 0.3) is 0 Å². The SMILES string of the molecule is CC1=C(C(=O)Nc2ccc(Br)cn2)[C@@H](c2cnn(C)c2C)C2=C(C[C@H](c3ccccc3)CC2=O)N1. The minimum atomic E-state index is -0.500. The van der Waals surface area contributed by atoms with Gasteiger partial charge in [-0.3, -0.25) is 14.3 Å². The van der Waals surface area contributed by atoms with Crippen molar-refractivity contribution in [2.45, 2.75) is 38.5 Å². The van der Waals surface area contributed by atoms with E-state index in [1.807, 2.05) is 45.2 Å². The monoisotopic (exact) mass is 531 g/mol. The third-order valence-electron chi connectivity index (χ3n) is 6.90. The molecule has 2 atom stereocenters. The first-order valence-corrected chi connectivity index (χ1v) is 12.3. The zero-order valence-corrected chi connectivity index (χ0v) is 21.4. The van der Waals surface area contributed by atoms with Crippen molar-refractivity contribution >= 4 is 33.4 Å². The summed E-state index contributed by atoms with van der Waals surface area (Å²) in [6, 6.07) is 13.7. The number of allylic oxidation sites excluding steroid dienone is 3. The van der Waals surface area contributed by atoms with E-state index in [9.17, 15) is 9.59 Å². The number of amides is 1. The molecule has 7 nitrogen and oxygen atoms in total. The summed E-state index contributed by atoms with van der Waals surface area (Å²) in [6.45, 7) is 3.86. The number of hydrogen-bond acceptors (Lipinski definition) is 5. The van der Waals surface area contributed by atoms with Gasteiger partial charge in [-0.25, -0.2) is 4.98 Å². The first-order valence-electron chi connectivity index (χ1n) is 11.5. The van der Waals surface area contributed by atoms with Crippen molar-refractivity contribution in [1.82, 2.24) is 20.1 Å². The van der Waals surface area contributed by atoms with Gasteiger partial charge in [0.05, 0.1) is 6.20 Å². The van der Waals surface area contributed by atoms with Gasteiger partial charge in [0.15, 0.2) is 5.78 Å². The van der Waals surface area contributed by atoms with E-state index in [1.54, 1.807) is 23.1 Å². The van der Waals surface area contributed by atoms with Gasteiger partial charge >= 0.3 is 0 Å². The molecule has 0 fully saturated rings. The molecule has 1 aromatic carbocycles. The second-order valence-corrected chi connectivity index (χ2v) is 9.97. The van der Waals surface area contributed by atoms with E-state index < -0.39 is 5.92 Å². The van der Waals surface area contributed by atoms with Gasteiger partial charge in [0.2, 0.25) is 0 Å². The molecule has 3 aromatic rings. The lowest BCUT2D eigenvalue weighted by Gasteiger charge is -2.36. The molecule has 5 rings (SSSR count). The fourth-order valence-electron chi connectivity index (χ4n) is 5.04. The number of hydrogen-bond donors (Lipinski definition) is 2. The second-order valence-electron chi connectivity index (χ2n) is 9.05. The zero-order valence-electron chi connectivity index (χ0n) is 19.8. The van der Waals surface area contributed by atoms with Gasteiger partial charge in [-0.1, -0.05) is 30.3 Å². The predicted octanol–water partition coefficient (Wildman–Crippen LogP) is 4.89. The maximum Gasteiger partial charge on any atom is 0.255 e. The van der Waals surface area contributed by atoms with Crippen LogP contribution in [-0.2, 0) is 16.6 Å². The molecule has 8 heteroatoms. The Kier molecular flexibility index (Phi) is 6.15. The quantitative estimate of drug-likeness (QED) is 0.500. The first kappa shape index (κ1) is 23.2. The molecule has 0 unspecified atom stereocenters. The lowest BCUT2D eigenvalue weighted by atomic mass is 9.71. The van der Waals surface area contributed by atoms with E-state index in [-0.39, 0.29) is 17.6 Å². The Hall–Kier alpha value is -3.52. The van der Waals surface area contributed by atoms with Crippen molar-refractivity contribution in [3.8, 4) is 0 Å². The topological polar surface area (TPSA) is 88.9 Å². The van der Waals surface area contributed by atoms with Gasteiger partial charge in [0.1, 0.15) is 5.82 Å². The molecule has 2 N–H and O–H groups in total. The van der Waals surface area contributed by atoms with Gasteiger partial charge in [-0.05, 0) is 59.8 Å². The number of rotatable bonds is 4. The van der Waals surface area contributed by atoms with Crippen molar-refractivity contribution in [1.29, 1.82) is 0 Å². The molecule has 178 valence electrons. The highest BCUT2D eigenvalue weighted by atomic mass is 79.9. The van der Waals surface area contributed by atoms with Gasteiger partial charge in [-0.15, -0.1) is 0 Å². The highest BCUT2D eigenvalue weighted by Crippen LogP contribution is 2.46. The lowest BCUT2D eigenvalue weighted by molar-refractivity contribution is -0.116. The predicted molar refractivity (Wildman–Crippen MR) is 138 cm³/mol. The average Bonchev–Trinajstić information content (AvgIpc) is 3.17. The van der Waals surface area contributed by atoms with Crippen LogP contribution in [0.15, 0.2) is 81.9 Å². The number of Topliss-reactive ketones (excluding diaryl/α,β-unsaturated/α-hetero) is 1. The molecule has 2 aromatic heterocycles. The molecule has 0 bridgehead atoms. The minimum absolute atomic E-state index is 0.0559. The van der Waals surface area contributed by atoms with Crippen LogP contribution in [0.2, 0.25) is 0 Å². The third-order valence-corrected chi connectivity index (χ3v) is 7.37. The van der Waals surface area contributed by atoms with Crippen molar-refractivity contribution < 1.29 is 9.59 Å². The van der Waals surface area contributed by atoms with Crippen LogP contribution in [0.4, 0.5) is 5.82 Å². The van der Waals surface area contributed by atoms with E-state index in [0.29, 0.717) is 29.8 Å². The minimum Gasteiger partial charge on any atom is -0.362 e. The summed E-state index contributed by atoms with van der Waals surface area (Å²) < 4.78 is 2.60. The van der Waals surface area contributed by atoms with E-state index >= 15 is 0 Å². The number of pyridine rings is 1. The number of carbonyl (C=O) groups is 2. The van der Waals surface area contributed by atoms with Crippen LogP contribution in [0.3, 0.4) is 0 Å². The highest BCUT2D eigenvalue weighted by Gasteiger charge is 2.42. The summed E-state index contributed by atoms with van der Waals surface area (Å²) in [4.78, 5) is 31.6. The Morgan fingerprint density at radius 1 is 1.11 bits per heavy atom. The smallest absolute Gasteiger partial charge is 0.255 e. The fraction of sp³-hybridized carbons (Fsp3) is 0.259. The van der Waals surface area contributed by atoms with Gasteiger partial charge in [0, 0.05) is 63.9 Å². The normalized spacial score (nSPS) is 19.9. The van der Waals surface area contributed by atoms with Gasteiger partial charge in [0.25, 0.3) is 5.91 Å². The number of anilines is 1. The number of nitrogens with zero attached hydrogens (tertiary/aromatic N) is 3. The summed E-state index contributed by atoms with van der Waals surface area (Å²) in [5, 5.41) is 10.8. The van der Waals surface area contributed by atoms with E-state index in [1.165, 1.54) is 0 Å². The Morgan fingerprint density at radius 2 is 1.89 bits per heavy atom. The highest BCUT2D eigenvalue weighted by molar-refractivity contribution is 9.10. The average molecular weight is 532 g/mol. The van der Waals surface area contributed by atoms with Crippen LogP contribution in [-0.4, -0.2) is 26.5 Å². The van der Waals surface area contributed by atoms with Crippen LogP contribution in [0.1, 0.15) is 48.4 Å². The molecule has 3 heterocycles. The molecule has 0 saturated carbocycles. The summed E-state index contributed by atoms with van der Waals surface area (Å²) in [7, 11) is 1.87. The van der Waals surface area contributed by atoms with Crippen LogP contribution >= 0.6 is 15.9 Å². The second kappa shape index (κ2) is 9.26. The number of benzene rings is 1. The Labute approximate surface area is 212 Å². The van der Waals surface area contributed by atoms with E-state index in [4.69, 9.17) is 0 Å². The van der Waals surface area contributed by atoms with E-state index in [2.05, 4.69) is 48.8 Å². The largest absolute Gasteiger partial charge is 0.362 e. The number of dihydropyridines is 1. The van der Waals surface area contributed by atoms with Crippen molar-refractivity contribution in [3.05, 3.63) is 98.7 Å². The number of aromatic nitrogens is 3. The molecule has 35 heavy (non-hydrogen) atoms. The summed E-state index contributed by atoms with van der Waals surface area (Å²) in [6.07, 6.45) is 4.52. The third kappa shape index (κ3) is 4.34. The van der Waals surface area contributed by atoms with Crippen molar-refractivity contribution in [2.75, 3.05) is 5.32 Å². The fourth-order valence-corrected chi connectivity index (χ4v) is 5.28. The molecule has 0 saturated heterocycles. The van der Waals surface area contributed by atoms with Crippen LogP contribution in [0, 0.1) is 6.92 Å². The molecule has 0 spiro atoms. The Bertz CT molecular complexity index is 1370. The zero-order chi connectivity index (χ0) is 24.7. The Morgan fingerprint density at radius 3 is 2.54 bits per heavy atom. The lowest BCUT2D eigenvalue weighted by Crippen LogP contribution is -2.37. The molecule has 1 aliphatic carbocycles. The molecular weight excluding hydrogens is 506 g/mol. The van der Waals surface area contributed by atoms with Crippen molar-refractivity contribution in [2.24, 2.45) is 7.05 Å². The first-order chi connectivity index (χ1) is 16.8. The summed E-state index contributed by atoms with van der Waals surface area (Å²) in [5.74, 6) is -0.192. The van der Waals surface area contributed by atoms with Crippen LogP contribution < -0.4 is 10.6 Å². The maximum atomic E-state index is 13.7. The molecule has 1 aliphatic heterocycles. The molecule has 1 amide bonds. The summed E-state index contributed by atoms with van der Waals surface area (Å²) >= 11 is 3.37. The van der Waals surface area contributed by atoms with Gasteiger partial charge in [-0.2, -0.15) is 5.10 Å². The number of nitrogens with one attached hydrogen (secondary N) is 2. The Balaban J connectivity index is 1.57. The van der Waals surface area contributed by atoms with Gasteiger partial charge < -0.3 is 10.6 Å².